The Morgan fingerprint density at radius 2 is 2.05 bits per heavy atom. The average Bonchev–Trinajstić information content (AvgIpc) is 2.89. The fourth-order valence-corrected chi connectivity index (χ4v) is 3.09. The van der Waals surface area contributed by atoms with Crippen LogP contribution in [0.4, 0.5) is 5.69 Å². The molecule has 1 N–H and O–H groups in total. The molecule has 20 heavy (non-hydrogen) atoms. The minimum absolute atomic E-state index is 0.0152. The number of carbonyl (C=O) groups is 1. The first-order valence-corrected chi connectivity index (χ1v) is 8.80. The summed E-state index contributed by atoms with van der Waals surface area (Å²) < 4.78 is 22.5. The van der Waals surface area contributed by atoms with Crippen molar-refractivity contribution in [2.24, 2.45) is 5.92 Å². The third kappa shape index (κ3) is 4.30. The Morgan fingerprint density at radius 3 is 2.60 bits per heavy atom. The fraction of sp³-hybridized carbons (Fsp3) is 0.571. The lowest BCUT2D eigenvalue weighted by Gasteiger charge is -2.09. The summed E-state index contributed by atoms with van der Waals surface area (Å²) in [6.45, 7) is 0. The van der Waals surface area contributed by atoms with E-state index in [9.17, 15) is 13.2 Å². The van der Waals surface area contributed by atoms with Crippen molar-refractivity contribution in [3.63, 3.8) is 0 Å². The van der Waals surface area contributed by atoms with E-state index in [0.29, 0.717) is 18.0 Å². The first kappa shape index (κ1) is 15.0. The molecule has 0 unspecified atom stereocenters. The summed E-state index contributed by atoms with van der Waals surface area (Å²) in [4.78, 5) is 15.6. The number of hydrogen-bond acceptors (Lipinski definition) is 4. The Labute approximate surface area is 119 Å². The quantitative estimate of drug-likeness (QED) is 0.905. The number of nitrogens with zero attached hydrogens (tertiary/aromatic N) is 1. The molecule has 1 aliphatic rings. The van der Waals surface area contributed by atoms with Gasteiger partial charge in [-0.1, -0.05) is 25.7 Å². The van der Waals surface area contributed by atoms with Crippen LogP contribution in [0.25, 0.3) is 0 Å². The summed E-state index contributed by atoms with van der Waals surface area (Å²) in [6.07, 6.45) is 8.96. The maximum absolute atomic E-state index is 11.8. The zero-order valence-corrected chi connectivity index (χ0v) is 12.4. The molecule has 1 heterocycles. The molecular formula is C14H20N2O3S. The molecule has 1 saturated carbocycles. The van der Waals surface area contributed by atoms with Gasteiger partial charge in [-0.25, -0.2) is 13.4 Å². The van der Waals surface area contributed by atoms with Crippen LogP contribution < -0.4 is 5.32 Å². The van der Waals surface area contributed by atoms with Gasteiger partial charge in [-0.15, -0.1) is 0 Å². The molecule has 110 valence electrons. The summed E-state index contributed by atoms with van der Waals surface area (Å²) in [5.74, 6) is 0.650. The number of anilines is 1. The van der Waals surface area contributed by atoms with Gasteiger partial charge in [0.2, 0.25) is 5.91 Å². The average molecular weight is 296 g/mol. The monoisotopic (exact) mass is 296 g/mol. The van der Waals surface area contributed by atoms with Crippen molar-refractivity contribution in [1.29, 1.82) is 0 Å². The van der Waals surface area contributed by atoms with Crippen LogP contribution in [0.2, 0.25) is 0 Å². The molecule has 0 atom stereocenters. The molecule has 1 amide bonds. The number of hydrogen-bond donors (Lipinski definition) is 1. The summed E-state index contributed by atoms with van der Waals surface area (Å²) in [5.41, 5.74) is 0.536. The molecule has 1 fully saturated rings. The summed E-state index contributed by atoms with van der Waals surface area (Å²) in [6, 6.07) is 2.97. The zero-order chi connectivity index (χ0) is 14.6. The molecule has 0 radical (unpaired) electrons. The molecule has 0 saturated heterocycles. The number of nitrogens with one attached hydrogen (secondary N) is 1. The number of aromatic nitrogens is 1. The van der Waals surface area contributed by atoms with Crippen LogP contribution in [-0.2, 0) is 14.6 Å². The lowest BCUT2D eigenvalue weighted by atomic mass is 10.0. The van der Waals surface area contributed by atoms with Gasteiger partial charge >= 0.3 is 0 Å². The lowest BCUT2D eigenvalue weighted by molar-refractivity contribution is -0.116. The Morgan fingerprint density at radius 1 is 1.35 bits per heavy atom. The van der Waals surface area contributed by atoms with Crippen LogP contribution in [0.15, 0.2) is 23.4 Å². The highest BCUT2D eigenvalue weighted by Gasteiger charge is 2.16. The van der Waals surface area contributed by atoms with Gasteiger partial charge in [0.15, 0.2) is 14.9 Å². The van der Waals surface area contributed by atoms with Gasteiger partial charge in [-0.05, 0) is 24.5 Å². The van der Waals surface area contributed by atoms with Crippen molar-refractivity contribution in [2.75, 3.05) is 11.6 Å². The molecule has 1 aliphatic carbocycles. The van der Waals surface area contributed by atoms with Crippen LogP contribution >= 0.6 is 0 Å². The van der Waals surface area contributed by atoms with Crippen LogP contribution in [0, 0.1) is 5.92 Å². The van der Waals surface area contributed by atoms with E-state index in [0.717, 1.165) is 12.7 Å². The maximum atomic E-state index is 11.8. The van der Waals surface area contributed by atoms with E-state index >= 15 is 0 Å². The maximum Gasteiger partial charge on any atom is 0.224 e. The Kier molecular flexibility index (Phi) is 4.75. The third-order valence-electron chi connectivity index (χ3n) is 3.65. The Hall–Kier alpha value is -1.43. The molecule has 5 nitrogen and oxygen atoms in total. The van der Waals surface area contributed by atoms with E-state index in [2.05, 4.69) is 10.3 Å². The molecule has 0 aliphatic heterocycles. The standard InChI is InChI=1S/C14H20N2O3S/c1-20(18,19)14-9-7-12(10-15-14)16-13(17)8-6-11-4-2-3-5-11/h7,9-11H,2-6,8H2,1H3,(H,16,17). The van der Waals surface area contributed by atoms with E-state index in [1.54, 1.807) is 6.07 Å². The molecular weight excluding hydrogens is 276 g/mol. The van der Waals surface area contributed by atoms with Gasteiger partial charge in [0.05, 0.1) is 11.9 Å². The number of pyridine rings is 1. The summed E-state index contributed by atoms with van der Waals surface area (Å²) in [5, 5.41) is 2.76. The van der Waals surface area contributed by atoms with Gasteiger partial charge in [-0.2, -0.15) is 0 Å². The number of rotatable bonds is 5. The van der Waals surface area contributed by atoms with Gasteiger partial charge < -0.3 is 5.32 Å². The first-order valence-electron chi connectivity index (χ1n) is 6.91. The SMILES string of the molecule is CS(=O)(=O)c1ccc(NC(=O)CCC2CCCC2)cn1. The van der Waals surface area contributed by atoms with Gasteiger partial charge in [0.1, 0.15) is 0 Å². The highest BCUT2D eigenvalue weighted by molar-refractivity contribution is 7.90. The van der Waals surface area contributed by atoms with E-state index in [1.165, 1.54) is 37.9 Å². The van der Waals surface area contributed by atoms with Gasteiger partial charge in [0, 0.05) is 12.7 Å². The van der Waals surface area contributed by atoms with Crippen LogP contribution in [0.1, 0.15) is 38.5 Å². The molecule has 1 aromatic rings. The van der Waals surface area contributed by atoms with Gasteiger partial charge in [-0.3, -0.25) is 4.79 Å². The predicted molar refractivity (Wildman–Crippen MR) is 77.2 cm³/mol. The lowest BCUT2D eigenvalue weighted by Crippen LogP contribution is -2.13. The van der Waals surface area contributed by atoms with Gasteiger partial charge in [0.25, 0.3) is 0 Å². The topological polar surface area (TPSA) is 76.1 Å². The Balaban J connectivity index is 1.84. The van der Waals surface area contributed by atoms with Crippen molar-refractivity contribution in [3.8, 4) is 0 Å². The second-order valence-electron chi connectivity index (χ2n) is 5.39. The Bertz CT molecular complexity index is 561. The van der Waals surface area contributed by atoms with Crippen molar-refractivity contribution in [3.05, 3.63) is 18.3 Å². The first-order chi connectivity index (χ1) is 9.45. The summed E-state index contributed by atoms with van der Waals surface area (Å²) in [7, 11) is -3.29. The molecule has 1 aromatic heterocycles. The summed E-state index contributed by atoms with van der Waals surface area (Å²) >= 11 is 0. The van der Waals surface area contributed by atoms with Crippen LogP contribution in [0.5, 0.6) is 0 Å². The molecule has 0 bridgehead atoms. The normalized spacial score (nSPS) is 16.2. The van der Waals surface area contributed by atoms with E-state index < -0.39 is 9.84 Å². The predicted octanol–water partition coefficient (Wildman–Crippen LogP) is 2.39. The molecule has 0 spiro atoms. The van der Waals surface area contributed by atoms with E-state index in [1.807, 2.05) is 0 Å². The van der Waals surface area contributed by atoms with Crippen molar-refractivity contribution in [2.45, 2.75) is 43.6 Å². The minimum Gasteiger partial charge on any atom is -0.325 e. The van der Waals surface area contributed by atoms with Crippen LogP contribution in [0.3, 0.4) is 0 Å². The fourth-order valence-electron chi connectivity index (χ4n) is 2.53. The molecule has 2 rings (SSSR count). The smallest absolute Gasteiger partial charge is 0.224 e. The van der Waals surface area contributed by atoms with Crippen molar-refractivity contribution < 1.29 is 13.2 Å². The molecule has 0 aromatic carbocycles. The van der Waals surface area contributed by atoms with E-state index in [-0.39, 0.29) is 10.9 Å². The second kappa shape index (κ2) is 6.35. The highest BCUT2D eigenvalue weighted by atomic mass is 32.2. The van der Waals surface area contributed by atoms with Crippen LogP contribution in [-0.4, -0.2) is 25.6 Å². The second-order valence-corrected chi connectivity index (χ2v) is 7.36. The molecule has 6 heteroatoms. The number of amides is 1. The number of carbonyl (C=O) groups excluding carboxylic acids is 1. The van der Waals surface area contributed by atoms with Crippen molar-refractivity contribution >= 4 is 21.4 Å². The zero-order valence-electron chi connectivity index (χ0n) is 11.6. The minimum atomic E-state index is -3.29. The largest absolute Gasteiger partial charge is 0.325 e. The number of sulfone groups is 1. The van der Waals surface area contributed by atoms with Crippen molar-refractivity contribution in [1.82, 2.24) is 4.98 Å². The third-order valence-corrected chi connectivity index (χ3v) is 4.66. The highest BCUT2D eigenvalue weighted by Crippen LogP contribution is 2.28. The van der Waals surface area contributed by atoms with E-state index in [4.69, 9.17) is 0 Å².